The van der Waals surface area contributed by atoms with Gasteiger partial charge < -0.3 is 4.74 Å². The zero-order chi connectivity index (χ0) is 13.7. The second-order valence-corrected chi connectivity index (χ2v) is 4.82. The topological polar surface area (TPSA) is 34.2 Å². The minimum absolute atomic E-state index is 0.0681. The lowest BCUT2D eigenvalue weighted by atomic mass is 10.0. The summed E-state index contributed by atoms with van der Waals surface area (Å²) in [5, 5.41) is 3.34. The highest BCUT2D eigenvalue weighted by Gasteiger charge is 2.13. The first-order valence-electron chi connectivity index (χ1n) is 6.19. The third-order valence-electron chi connectivity index (χ3n) is 3.09. The van der Waals surface area contributed by atoms with Crippen LogP contribution in [-0.2, 0) is 6.54 Å². The molecule has 3 nitrogen and oxygen atoms in total. The molecule has 98 valence electrons. The normalized spacial score (nSPS) is 12.3. The van der Waals surface area contributed by atoms with Crippen LogP contribution in [0.1, 0.15) is 30.7 Å². The summed E-state index contributed by atoms with van der Waals surface area (Å²) in [5.74, 6) is 4.07. The Morgan fingerprint density at radius 1 is 1.44 bits per heavy atom. The highest BCUT2D eigenvalue weighted by atomic mass is 16.5. The number of hydrogen-bond acceptors (Lipinski definition) is 3. The second-order valence-electron chi connectivity index (χ2n) is 4.82. The van der Waals surface area contributed by atoms with E-state index >= 15 is 0 Å². The van der Waals surface area contributed by atoms with Crippen molar-refractivity contribution < 1.29 is 4.74 Å². The van der Waals surface area contributed by atoms with Crippen LogP contribution in [0.3, 0.4) is 0 Å². The molecule has 0 aliphatic rings. The van der Waals surface area contributed by atoms with Crippen molar-refractivity contribution >= 4 is 0 Å². The molecule has 18 heavy (non-hydrogen) atoms. The Morgan fingerprint density at radius 3 is 2.61 bits per heavy atom. The minimum Gasteiger partial charge on any atom is -0.496 e. The first-order chi connectivity index (χ1) is 8.51. The lowest BCUT2D eigenvalue weighted by Gasteiger charge is -2.18. The number of rotatable bonds is 5. The molecule has 3 heteroatoms. The van der Waals surface area contributed by atoms with Gasteiger partial charge in [0.2, 0.25) is 0 Å². The van der Waals surface area contributed by atoms with Crippen molar-refractivity contribution in [2.45, 2.75) is 40.3 Å². The summed E-state index contributed by atoms with van der Waals surface area (Å²) in [6.07, 6.45) is 7.33. The summed E-state index contributed by atoms with van der Waals surface area (Å²) >= 11 is 0. The maximum Gasteiger partial charge on any atom is 0.128 e. The van der Waals surface area contributed by atoms with E-state index in [0.29, 0.717) is 12.5 Å². The number of hydrogen-bond donors (Lipinski definition) is 1. The molecule has 1 unspecified atom stereocenters. The van der Waals surface area contributed by atoms with Crippen molar-refractivity contribution in [3.8, 4) is 18.1 Å². The summed E-state index contributed by atoms with van der Waals surface area (Å²) in [6.45, 7) is 8.89. The van der Waals surface area contributed by atoms with Gasteiger partial charge in [0.15, 0.2) is 0 Å². The molecular weight excluding hydrogens is 224 g/mol. The molecule has 1 rings (SSSR count). The van der Waals surface area contributed by atoms with E-state index in [-0.39, 0.29) is 6.04 Å². The van der Waals surface area contributed by atoms with E-state index in [9.17, 15) is 0 Å². The maximum atomic E-state index is 5.50. The van der Waals surface area contributed by atoms with E-state index in [1.54, 1.807) is 7.11 Å². The lowest BCUT2D eigenvalue weighted by Crippen LogP contribution is -2.32. The third kappa shape index (κ3) is 3.24. The molecule has 1 atom stereocenters. The number of pyridine rings is 1. The van der Waals surface area contributed by atoms with Gasteiger partial charge in [0.25, 0.3) is 0 Å². The predicted octanol–water partition coefficient (Wildman–Crippen LogP) is 2.45. The molecule has 0 spiro atoms. The van der Waals surface area contributed by atoms with Crippen molar-refractivity contribution in [2.24, 2.45) is 5.92 Å². The van der Waals surface area contributed by atoms with Crippen LogP contribution >= 0.6 is 0 Å². The molecule has 1 heterocycles. The van der Waals surface area contributed by atoms with Crippen LogP contribution in [0.15, 0.2) is 6.20 Å². The van der Waals surface area contributed by atoms with Gasteiger partial charge in [0.1, 0.15) is 5.75 Å². The van der Waals surface area contributed by atoms with Crippen LogP contribution in [0.4, 0.5) is 0 Å². The Labute approximate surface area is 110 Å². The van der Waals surface area contributed by atoms with Crippen LogP contribution in [0, 0.1) is 32.1 Å². The molecule has 1 aromatic heterocycles. The Kier molecular flexibility index (Phi) is 5.18. The first-order valence-corrected chi connectivity index (χ1v) is 6.19. The molecule has 1 N–H and O–H groups in total. The first kappa shape index (κ1) is 14.5. The fourth-order valence-corrected chi connectivity index (χ4v) is 1.94. The number of ether oxygens (including phenoxy) is 1. The van der Waals surface area contributed by atoms with Crippen molar-refractivity contribution in [2.75, 3.05) is 7.11 Å². The Hall–Kier alpha value is -1.53. The van der Waals surface area contributed by atoms with E-state index in [0.717, 1.165) is 22.6 Å². The molecule has 0 aliphatic heterocycles. The molecule has 0 saturated carbocycles. The summed E-state index contributed by atoms with van der Waals surface area (Å²) in [5.41, 5.74) is 3.11. The summed E-state index contributed by atoms with van der Waals surface area (Å²) in [7, 11) is 1.69. The fraction of sp³-hybridized carbons (Fsp3) is 0.533. The number of terminal acetylenes is 1. The standard InChI is InChI=1S/C15H22N2O/c1-7-13(10(2)3)17-9-14-12(5)15(18-6)11(4)8-16-14/h1,8,10,13,17H,9H2,2-6H3. The number of aromatic nitrogens is 1. The maximum absolute atomic E-state index is 5.50. The number of aryl methyl sites for hydroxylation is 1. The summed E-state index contributed by atoms with van der Waals surface area (Å²) in [6, 6.07) is 0.0681. The molecule has 1 aromatic rings. The van der Waals surface area contributed by atoms with Gasteiger partial charge in [-0.05, 0) is 19.8 Å². The van der Waals surface area contributed by atoms with Gasteiger partial charge in [0, 0.05) is 23.9 Å². The smallest absolute Gasteiger partial charge is 0.128 e. The van der Waals surface area contributed by atoms with E-state index in [1.165, 1.54) is 0 Å². The van der Waals surface area contributed by atoms with E-state index in [4.69, 9.17) is 11.2 Å². The van der Waals surface area contributed by atoms with Crippen molar-refractivity contribution in [1.82, 2.24) is 10.3 Å². The van der Waals surface area contributed by atoms with Gasteiger partial charge in [0.05, 0.1) is 18.8 Å². The summed E-state index contributed by atoms with van der Waals surface area (Å²) < 4.78 is 5.39. The molecule has 0 amide bonds. The zero-order valence-corrected chi connectivity index (χ0v) is 11.9. The number of methoxy groups -OCH3 is 1. The average molecular weight is 246 g/mol. The number of nitrogens with one attached hydrogen (secondary N) is 1. The van der Waals surface area contributed by atoms with Gasteiger partial charge in [-0.15, -0.1) is 6.42 Å². The van der Waals surface area contributed by atoms with Crippen LogP contribution in [-0.4, -0.2) is 18.1 Å². The monoisotopic (exact) mass is 246 g/mol. The van der Waals surface area contributed by atoms with Gasteiger partial charge in [-0.25, -0.2) is 0 Å². The van der Waals surface area contributed by atoms with E-state index in [1.807, 2.05) is 20.0 Å². The van der Waals surface area contributed by atoms with Crippen LogP contribution in [0.25, 0.3) is 0 Å². The second kappa shape index (κ2) is 6.42. The SMILES string of the molecule is C#CC(NCc1ncc(C)c(OC)c1C)C(C)C. The van der Waals surface area contributed by atoms with Crippen molar-refractivity contribution in [1.29, 1.82) is 0 Å². The molecule has 0 radical (unpaired) electrons. The minimum atomic E-state index is 0.0681. The quantitative estimate of drug-likeness (QED) is 0.810. The Morgan fingerprint density at radius 2 is 2.11 bits per heavy atom. The van der Waals surface area contributed by atoms with Gasteiger partial charge in [-0.3, -0.25) is 10.3 Å². The van der Waals surface area contributed by atoms with Crippen molar-refractivity contribution in [3.63, 3.8) is 0 Å². The highest BCUT2D eigenvalue weighted by Crippen LogP contribution is 2.23. The van der Waals surface area contributed by atoms with Crippen LogP contribution in [0.2, 0.25) is 0 Å². The molecule has 0 fully saturated rings. The van der Waals surface area contributed by atoms with Gasteiger partial charge >= 0.3 is 0 Å². The Balaban J connectivity index is 2.84. The predicted molar refractivity (Wildman–Crippen MR) is 74.6 cm³/mol. The van der Waals surface area contributed by atoms with Crippen LogP contribution in [0.5, 0.6) is 5.75 Å². The third-order valence-corrected chi connectivity index (χ3v) is 3.09. The molecule has 0 aliphatic carbocycles. The van der Waals surface area contributed by atoms with E-state index in [2.05, 4.69) is 30.1 Å². The van der Waals surface area contributed by atoms with Crippen molar-refractivity contribution in [3.05, 3.63) is 23.0 Å². The average Bonchev–Trinajstić information content (AvgIpc) is 2.32. The largest absolute Gasteiger partial charge is 0.496 e. The molecule has 0 bridgehead atoms. The van der Waals surface area contributed by atoms with Gasteiger partial charge in [-0.1, -0.05) is 19.8 Å². The Bertz CT molecular complexity index is 447. The van der Waals surface area contributed by atoms with Crippen LogP contribution < -0.4 is 10.1 Å². The summed E-state index contributed by atoms with van der Waals surface area (Å²) in [4.78, 5) is 4.44. The molecule has 0 aromatic carbocycles. The zero-order valence-electron chi connectivity index (χ0n) is 11.9. The lowest BCUT2D eigenvalue weighted by molar-refractivity contribution is 0.405. The molecular formula is C15H22N2O. The molecule has 0 saturated heterocycles. The van der Waals surface area contributed by atoms with E-state index < -0.39 is 0 Å². The number of nitrogens with zero attached hydrogens (tertiary/aromatic N) is 1. The fourth-order valence-electron chi connectivity index (χ4n) is 1.94. The highest BCUT2D eigenvalue weighted by molar-refractivity contribution is 5.41. The van der Waals surface area contributed by atoms with Gasteiger partial charge in [-0.2, -0.15) is 0 Å².